The lowest BCUT2D eigenvalue weighted by molar-refractivity contribution is -0.120. The normalized spacial score (nSPS) is 26.5. The molecule has 3 atom stereocenters. The highest BCUT2D eigenvalue weighted by atomic mass is 16.5. The summed E-state index contributed by atoms with van der Waals surface area (Å²) in [5.41, 5.74) is 1.10. The molecule has 7 heteroatoms. The van der Waals surface area contributed by atoms with Crippen molar-refractivity contribution >= 4 is 17.5 Å². The van der Waals surface area contributed by atoms with E-state index in [1.54, 1.807) is 31.2 Å². The minimum atomic E-state index is -0.135. The second-order valence-corrected chi connectivity index (χ2v) is 9.57. The summed E-state index contributed by atoms with van der Waals surface area (Å²) < 4.78 is 11.8. The molecule has 1 heterocycles. The van der Waals surface area contributed by atoms with Crippen LogP contribution in [0.4, 0.5) is 5.69 Å². The standard InChI is InChI=1S/C25H39N3O4/c1-17-14-27(3)18(2)16-32-22-12-11-20(26-24(29)19-9-7-6-8-10-19)13-21(22)25(30)28(4)15-23(17)31-5/h11-13,17-19,23H,6-10,14-16H2,1-5H3,(H,26,29)/t17-,18+,23+/m0/s1. The van der Waals surface area contributed by atoms with Gasteiger partial charge in [-0.25, -0.2) is 0 Å². The first kappa shape index (κ1) is 24.5. The van der Waals surface area contributed by atoms with E-state index in [4.69, 9.17) is 9.47 Å². The van der Waals surface area contributed by atoms with Crippen LogP contribution in [0.5, 0.6) is 5.75 Å². The van der Waals surface area contributed by atoms with Gasteiger partial charge in [0.2, 0.25) is 5.91 Å². The van der Waals surface area contributed by atoms with E-state index in [1.807, 2.05) is 6.07 Å². The maximum Gasteiger partial charge on any atom is 0.257 e. The van der Waals surface area contributed by atoms with Gasteiger partial charge >= 0.3 is 0 Å². The summed E-state index contributed by atoms with van der Waals surface area (Å²) in [6, 6.07) is 5.56. The Morgan fingerprint density at radius 1 is 1.12 bits per heavy atom. The van der Waals surface area contributed by atoms with E-state index in [1.165, 1.54) is 6.42 Å². The average molecular weight is 446 g/mol. The van der Waals surface area contributed by atoms with Crippen LogP contribution in [0.15, 0.2) is 18.2 Å². The van der Waals surface area contributed by atoms with Gasteiger partial charge in [0.05, 0.1) is 11.7 Å². The molecule has 0 saturated heterocycles. The fourth-order valence-corrected chi connectivity index (χ4v) is 4.64. The van der Waals surface area contributed by atoms with Crippen LogP contribution < -0.4 is 10.1 Å². The Kier molecular flexibility index (Phi) is 8.54. The summed E-state index contributed by atoms with van der Waals surface area (Å²) in [6.45, 7) is 6.07. The molecule has 1 aliphatic carbocycles. The SMILES string of the molecule is CO[C@@H]1CN(C)C(=O)c2cc(NC(=O)C3CCCCC3)ccc2OC[C@@H](C)N(C)C[C@@H]1C. The lowest BCUT2D eigenvalue weighted by Crippen LogP contribution is -2.45. The van der Waals surface area contributed by atoms with Gasteiger partial charge in [0, 0.05) is 44.9 Å². The van der Waals surface area contributed by atoms with Crippen molar-refractivity contribution in [3.05, 3.63) is 23.8 Å². The van der Waals surface area contributed by atoms with Crippen LogP contribution in [0.2, 0.25) is 0 Å². The smallest absolute Gasteiger partial charge is 0.257 e. The van der Waals surface area contributed by atoms with Crippen LogP contribution in [-0.2, 0) is 9.53 Å². The lowest BCUT2D eigenvalue weighted by atomic mass is 9.88. The van der Waals surface area contributed by atoms with Crippen molar-refractivity contribution in [1.29, 1.82) is 0 Å². The molecule has 3 rings (SSSR count). The molecule has 0 unspecified atom stereocenters. The second kappa shape index (κ2) is 11.1. The summed E-state index contributed by atoms with van der Waals surface area (Å²) in [4.78, 5) is 30.0. The first-order chi connectivity index (χ1) is 15.3. The van der Waals surface area contributed by atoms with E-state index < -0.39 is 0 Å². The quantitative estimate of drug-likeness (QED) is 0.769. The van der Waals surface area contributed by atoms with E-state index >= 15 is 0 Å². The van der Waals surface area contributed by atoms with Gasteiger partial charge in [0.25, 0.3) is 5.91 Å². The van der Waals surface area contributed by atoms with Gasteiger partial charge in [-0.3, -0.25) is 14.5 Å². The van der Waals surface area contributed by atoms with E-state index in [0.717, 1.165) is 32.2 Å². The third kappa shape index (κ3) is 6.01. The average Bonchev–Trinajstić information content (AvgIpc) is 2.80. The molecule has 1 aliphatic heterocycles. The van der Waals surface area contributed by atoms with Crippen molar-refractivity contribution in [3.8, 4) is 5.75 Å². The molecule has 178 valence electrons. The maximum absolute atomic E-state index is 13.4. The maximum atomic E-state index is 13.4. The molecule has 2 aliphatic rings. The molecule has 1 N–H and O–H groups in total. The minimum Gasteiger partial charge on any atom is -0.491 e. The zero-order valence-corrected chi connectivity index (χ0v) is 20.2. The number of nitrogens with one attached hydrogen (secondary N) is 1. The van der Waals surface area contributed by atoms with Crippen molar-refractivity contribution in [2.24, 2.45) is 11.8 Å². The van der Waals surface area contributed by atoms with Crippen LogP contribution in [0, 0.1) is 11.8 Å². The first-order valence-corrected chi connectivity index (χ1v) is 11.9. The van der Waals surface area contributed by atoms with Crippen molar-refractivity contribution < 1.29 is 19.1 Å². The number of methoxy groups -OCH3 is 1. The number of nitrogens with zero attached hydrogens (tertiary/aromatic N) is 2. The number of benzene rings is 1. The minimum absolute atomic E-state index is 0.0445. The lowest BCUT2D eigenvalue weighted by Gasteiger charge is -2.34. The van der Waals surface area contributed by atoms with E-state index in [2.05, 4.69) is 31.1 Å². The number of fused-ring (bicyclic) bond motifs is 1. The molecule has 7 nitrogen and oxygen atoms in total. The van der Waals surface area contributed by atoms with Gasteiger partial charge in [-0.05, 0) is 50.9 Å². The molecule has 1 saturated carbocycles. The third-order valence-electron chi connectivity index (χ3n) is 7.00. The summed E-state index contributed by atoms with van der Waals surface area (Å²) in [5.74, 6) is 0.760. The molecule has 2 amide bonds. The van der Waals surface area contributed by atoms with Gasteiger partial charge in [-0.2, -0.15) is 0 Å². The van der Waals surface area contributed by atoms with Gasteiger partial charge in [-0.1, -0.05) is 26.2 Å². The highest BCUT2D eigenvalue weighted by Crippen LogP contribution is 2.28. The Hall–Kier alpha value is -2.12. The second-order valence-electron chi connectivity index (χ2n) is 9.57. The number of carbonyl (C=O) groups excluding carboxylic acids is 2. The molecular weight excluding hydrogens is 406 g/mol. The summed E-state index contributed by atoms with van der Waals surface area (Å²) in [5, 5.41) is 3.03. The first-order valence-electron chi connectivity index (χ1n) is 11.9. The summed E-state index contributed by atoms with van der Waals surface area (Å²) >= 11 is 0. The van der Waals surface area contributed by atoms with Crippen LogP contribution in [0.1, 0.15) is 56.3 Å². The molecule has 32 heavy (non-hydrogen) atoms. The molecule has 0 spiro atoms. The zero-order valence-electron chi connectivity index (χ0n) is 20.2. The largest absolute Gasteiger partial charge is 0.491 e. The molecular formula is C25H39N3O4. The van der Waals surface area contributed by atoms with Gasteiger partial charge < -0.3 is 19.7 Å². The molecule has 1 fully saturated rings. The Morgan fingerprint density at radius 2 is 1.84 bits per heavy atom. The molecule has 1 aromatic carbocycles. The Bertz CT molecular complexity index is 793. The highest BCUT2D eigenvalue weighted by Gasteiger charge is 2.28. The number of hydrogen-bond acceptors (Lipinski definition) is 5. The number of carbonyl (C=O) groups is 2. The zero-order chi connectivity index (χ0) is 23.3. The number of hydrogen-bond donors (Lipinski definition) is 1. The molecule has 0 radical (unpaired) electrons. The predicted octanol–water partition coefficient (Wildman–Crippen LogP) is 3.64. The van der Waals surface area contributed by atoms with Crippen molar-refractivity contribution in [2.45, 2.75) is 58.1 Å². The van der Waals surface area contributed by atoms with Gasteiger partial charge in [0.1, 0.15) is 12.4 Å². The van der Waals surface area contributed by atoms with E-state index in [9.17, 15) is 9.59 Å². The predicted molar refractivity (Wildman–Crippen MR) is 126 cm³/mol. The molecule has 1 aromatic rings. The van der Waals surface area contributed by atoms with E-state index in [0.29, 0.717) is 30.2 Å². The summed E-state index contributed by atoms with van der Waals surface area (Å²) in [6.07, 6.45) is 5.20. The monoisotopic (exact) mass is 445 g/mol. The van der Waals surface area contributed by atoms with E-state index in [-0.39, 0.29) is 35.8 Å². The Labute approximate surface area is 192 Å². The topological polar surface area (TPSA) is 71.1 Å². The van der Waals surface area contributed by atoms with Crippen LogP contribution in [0.3, 0.4) is 0 Å². The Morgan fingerprint density at radius 3 is 2.53 bits per heavy atom. The van der Waals surface area contributed by atoms with Gasteiger partial charge in [0.15, 0.2) is 0 Å². The summed E-state index contributed by atoms with van der Waals surface area (Å²) in [7, 11) is 5.57. The van der Waals surface area contributed by atoms with Crippen molar-refractivity contribution in [2.75, 3.05) is 46.2 Å². The fourth-order valence-electron chi connectivity index (χ4n) is 4.64. The van der Waals surface area contributed by atoms with Gasteiger partial charge in [-0.15, -0.1) is 0 Å². The number of likely N-dealkylation sites (N-methyl/N-ethyl adjacent to an activating group) is 2. The number of anilines is 1. The third-order valence-corrected chi connectivity index (χ3v) is 7.00. The molecule has 0 aromatic heterocycles. The van der Waals surface area contributed by atoms with Crippen LogP contribution in [0.25, 0.3) is 0 Å². The number of rotatable bonds is 3. The fraction of sp³-hybridized carbons (Fsp3) is 0.680. The molecule has 0 bridgehead atoms. The number of ether oxygens (including phenoxy) is 2. The highest BCUT2D eigenvalue weighted by molar-refractivity contribution is 5.99. The van der Waals surface area contributed by atoms with Crippen LogP contribution >= 0.6 is 0 Å². The van der Waals surface area contributed by atoms with Crippen molar-refractivity contribution in [1.82, 2.24) is 9.80 Å². The van der Waals surface area contributed by atoms with Crippen molar-refractivity contribution in [3.63, 3.8) is 0 Å². The Balaban J connectivity index is 1.86. The van der Waals surface area contributed by atoms with Crippen LogP contribution in [-0.4, -0.2) is 74.7 Å². The number of amides is 2.